The first kappa shape index (κ1) is 8.90. The predicted molar refractivity (Wildman–Crippen MR) is 50.0 cm³/mol. The van der Waals surface area contributed by atoms with Crippen LogP contribution in [0.3, 0.4) is 0 Å². The van der Waals surface area contributed by atoms with Gasteiger partial charge in [-0.05, 0) is 6.92 Å². The molecule has 1 saturated heterocycles. The normalized spacial score (nSPS) is 19.8. The van der Waals surface area contributed by atoms with Crippen LogP contribution in [0.2, 0.25) is 0 Å². The summed E-state index contributed by atoms with van der Waals surface area (Å²) in [7, 11) is 0. The van der Waals surface area contributed by atoms with E-state index in [9.17, 15) is 4.79 Å². The SMILES string of the molecule is Cc1nn(CC2(C)COC2)c(=O)s1. The number of hydrogen-bond donors (Lipinski definition) is 0. The molecule has 13 heavy (non-hydrogen) atoms. The summed E-state index contributed by atoms with van der Waals surface area (Å²) in [4.78, 5) is 11.4. The van der Waals surface area contributed by atoms with Crippen molar-refractivity contribution in [2.24, 2.45) is 5.41 Å². The lowest BCUT2D eigenvalue weighted by atomic mass is 9.89. The number of aryl methyl sites for hydroxylation is 1. The molecule has 1 aromatic heterocycles. The molecular formula is C8H12N2O2S. The van der Waals surface area contributed by atoms with E-state index in [2.05, 4.69) is 12.0 Å². The Bertz CT molecular complexity index is 364. The van der Waals surface area contributed by atoms with Crippen LogP contribution in [0.15, 0.2) is 4.79 Å². The van der Waals surface area contributed by atoms with E-state index in [0.717, 1.165) is 18.2 Å². The van der Waals surface area contributed by atoms with Gasteiger partial charge in [-0.25, -0.2) is 4.68 Å². The highest BCUT2D eigenvalue weighted by molar-refractivity contribution is 7.08. The smallest absolute Gasteiger partial charge is 0.325 e. The summed E-state index contributed by atoms with van der Waals surface area (Å²) in [6.07, 6.45) is 0. The van der Waals surface area contributed by atoms with Crippen molar-refractivity contribution >= 4 is 11.3 Å². The van der Waals surface area contributed by atoms with Crippen molar-refractivity contribution in [1.82, 2.24) is 9.78 Å². The average molecular weight is 200 g/mol. The Balaban J connectivity index is 2.17. The minimum absolute atomic E-state index is 0.0330. The fraction of sp³-hybridized carbons (Fsp3) is 0.750. The van der Waals surface area contributed by atoms with E-state index in [1.54, 1.807) is 4.68 Å². The Labute approximate surface area is 80.1 Å². The number of hydrogen-bond acceptors (Lipinski definition) is 4. The second-order valence-corrected chi connectivity index (χ2v) is 4.99. The molecule has 0 unspecified atom stereocenters. The monoisotopic (exact) mass is 200 g/mol. The average Bonchev–Trinajstić information content (AvgIpc) is 2.27. The molecule has 0 saturated carbocycles. The molecule has 0 aromatic carbocycles. The molecular weight excluding hydrogens is 188 g/mol. The topological polar surface area (TPSA) is 44.1 Å². The molecule has 0 N–H and O–H groups in total. The molecule has 0 spiro atoms. The third kappa shape index (κ3) is 1.66. The fourth-order valence-corrected chi connectivity index (χ4v) is 2.02. The van der Waals surface area contributed by atoms with Crippen LogP contribution in [-0.2, 0) is 11.3 Å². The van der Waals surface area contributed by atoms with Crippen LogP contribution in [0.25, 0.3) is 0 Å². The van der Waals surface area contributed by atoms with Crippen LogP contribution in [-0.4, -0.2) is 23.0 Å². The van der Waals surface area contributed by atoms with Crippen LogP contribution >= 0.6 is 11.3 Å². The second-order valence-electron chi connectivity index (χ2n) is 3.85. The molecule has 1 aromatic rings. The Morgan fingerprint density at radius 1 is 1.69 bits per heavy atom. The standard InChI is InChI=1S/C8H12N2O2S/c1-6-9-10(7(11)13-6)3-8(2)4-12-5-8/h3-5H2,1-2H3. The predicted octanol–water partition coefficient (Wildman–Crippen LogP) is 0.650. The lowest BCUT2D eigenvalue weighted by molar-refractivity contribution is -0.112. The van der Waals surface area contributed by atoms with E-state index >= 15 is 0 Å². The first-order chi connectivity index (χ1) is 6.09. The van der Waals surface area contributed by atoms with Gasteiger partial charge in [-0.1, -0.05) is 18.3 Å². The molecule has 2 heterocycles. The van der Waals surface area contributed by atoms with Crippen molar-refractivity contribution in [3.05, 3.63) is 14.7 Å². The molecule has 72 valence electrons. The van der Waals surface area contributed by atoms with Gasteiger partial charge in [0.25, 0.3) is 0 Å². The number of ether oxygens (including phenoxy) is 1. The minimum Gasteiger partial charge on any atom is -0.380 e. The maximum Gasteiger partial charge on any atom is 0.325 e. The van der Waals surface area contributed by atoms with Crippen LogP contribution in [0.4, 0.5) is 0 Å². The zero-order chi connectivity index (χ0) is 9.47. The highest BCUT2D eigenvalue weighted by Crippen LogP contribution is 2.27. The van der Waals surface area contributed by atoms with Crippen LogP contribution in [0.5, 0.6) is 0 Å². The Hall–Kier alpha value is -0.680. The van der Waals surface area contributed by atoms with E-state index in [-0.39, 0.29) is 10.3 Å². The highest BCUT2D eigenvalue weighted by Gasteiger charge is 2.34. The van der Waals surface area contributed by atoms with Gasteiger partial charge in [0.1, 0.15) is 5.01 Å². The van der Waals surface area contributed by atoms with Gasteiger partial charge < -0.3 is 4.74 Å². The lowest BCUT2D eigenvalue weighted by Gasteiger charge is -2.37. The first-order valence-electron chi connectivity index (χ1n) is 4.21. The van der Waals surface area contributed by atoms with Crippen LogP contribution < -0.4 is 4.87 Å². The van der Waals surface area contributed by atoms with E-state index in [1.807, 2.05) is 6.92 Å². The summed E-state index contributed by atoms with van der Waals surface area (Å²) >= 11 is 1.20. The van der Waals surface area contributed by atoms with E-state index in [1.165, 1.54) is 11.3 Å². The molecule has 2 rings (SSSR count). The zero-order valence-corrected chi connectivity index (χ0v) is 8.56. The molecule has 0 amide bonds. The van der Waals surface area contributed by atoms with Crippen LogP contribution in [0, 0.1) is 12.3 Å². The van der Waals surface area contributed by atoms with Crippen molar-refractivity contribution < 1.29 is 4.74 Å². The molecule has 0 bridgehead atoms. The largest absolute Gasteiger partial charge is 0.380 e. The van der Waals surface area contributed by atoms with Crippen LogP contribution in [0.1, 0.15) is 11.9 Å². The number of rotatable bonds is 2. The zero-order valence-electron chi connectivity index (χ0n) is 7.74. The van der Waals surface area contributed by atoms with E-state index in [4.69, 9.17) is 4.74 Å². The summed E-state index contributed by atoms with van der Waals surface area (Å²) < 4.78 is 6.66. The molecule has 5 heteroatoms. The summed E-state index contributed by atoms with van der Waals surface area (Å²) in [5.74, 6) is 0. The summed E-state index contributed by atoms with van der Waals surface area (Å²) in [6, 6.07) is 0. The van der Waals surface area contributed by atoms with Crippen molar-refractivity contribution in [1.29, 1.82) is 0 Å². The summed E-state index contributed by atoms with van der Waals surface area (Å²) in [5, 5.41) is 4.97. The molecule has 1 aliphatic rings. The van der Waals surface area contributed by atoms with Gasteiger partial charge in [-0.2, -0.15) is 5.10 Å². The van der Waals surface area contributed by atoms with Crippen molar-refractivity contribution in [2.75, 3.05) is 13.2 Å². The lowest BCUT2D eigenvalue weighted by Crippen LogP contribution is -2.44. The molecule has 4 nitrogen and oxygen atoms in total. The summed E-state index contributed by atoms with van der Waals surface area (Å²) in [6.45, 7) is 6.10. The Kier molecular flexibility index (Phi) is 2.00. The summed E-state index contributed by atoms with van der Waals surface area (Å²) in [5.41, 5.74) is 0.115. The van der Waals surface area contributed by atoms with Gasteiger partial charge in [0, 0.05) is 5.41 Å². The molecule has 1 fully saturated rings. The third-order valence-corrected chi connectivity index (χ3v) is 2.90. The van der Waals surface area contributed by atoms with Gasteiger partial charge in [-0.15, -0.1) is 0 Å². The second kappa shape index (κ2) is 2.92. The first-order valence-corrected chi connectivity index (χ1v) is 5.03. The van der Waals surface area contributed by atoms with Gasteiger partial charge in [0.05, 0.1) is 19.8 Å². The maximum atomic E-state index is 11.3. The van der Waals surface area contributed by atoms with Gasteiger partial charge in [0.15, 0.2) is 0 Å². The van der Waals surface area contributed by atoms with Gasteiger partial charge in [-0.3, -0.25) is 4.79 Å². The highest BCUT2D eigenvalue weighted by atomic mass is 32.1. The van der Waals surface area contributed by atoms with E-state index in [0.29, 0.717) is 6.54 Å². The van der Waals surface area contributed by atoms with E-state index < -0.39 is 0 Å². The Morgan fingerprint density at radius 2 is 2.38 bits per heavy atom. The fourth-order valence-electron chi connectivity index (χ4n) is 1.41. The maximum absolute atomic E-state index is 11.3. The molecule has 0 aliphatic carbocycles. The van der Waals surface area contributed by atoms with Crippen molar-refractivity contribution in [3.63, 3.8) is 0 Å². The van der Waals surface area contributed by atoms with Crippen molar-refractivity contribution in [3.8, 4) is 0 Å². The number of nitrogens with zero attached hydrogens (tertiary/aromatic N) is 2. The van der Waals surface area contributed by atoms with Gasteiger partial charge in [0.2, 0.25) is 0 Å². The molecule has 0 atom stereocenters. The van der Waals surface area contributed by atoms with Gasteiger partial charge >= 0.3 is 4.87 Å². The molecule has 1 aliphatic heterocycles. The molecule has 0 radical (unpaired) electrons. The minimum atomic E-state index is 0.0330. The Morgan fingerprint density at radius 3 is 2.77 bits per heavy atom. The quantitative estimate of drug-likeness (QED) is 0.704. The van der Waals surface area contributed by atoms with Crippen molar-refractivity contribution in [2.45, 2.75) is 20.4 Å². The third-order valence-electron chi connectivity index (χ3n) is 2.14. The number of aromatic nitrogens is 2.